The monoisotopic (exact) mass is 164 g/mol. The average Bonchev–Trinajstić information content (AvgIpc) is 0. The van der Waals surface area contributed by atoms with E-state index >= 15 is 0 Å². The smallest absolute Gasteiger partial charge is 1.00 e. The van der Waals surface area contributed by atoms with Crippen molar-refractivity contribution in [3.05, 3.63) is 0 Å². The van der Waals surface area contributed by atoms with Crippen LogP contribution in [0.1, 0.15) is 2.85 Å². The van der Waals surface area contributed by atoms with Gasteiger partial charge >= 0.3 is 59.1 Å². The van der Waals surface area contributed by atoms with E-state index in [0.29, 0.717) is 0 Å². The fourth-order valence-corrected chi connectivity index (χ4v) is 0. The summed E-state index contributed by atoms with van der Waals surface area (Å²) in [4.78, 5) is 0. The molecule has 0 fully saturated rings. The number of rotatable bonds is 0. The third-order valence-electron chi connectivity index (χ3n) is 0. The van der Waals surface area contributed by atoms with E-state index in [1.807, 2.05) is 0 Å². The predicted molar refractivity (Wildman–Crippen MR) is 19.8 cm³/mol. The van der Waals surface area contributed by atoms with E-state index in [1.165, 1.54) is 0 Å². The minimum atomic E-state index is 0. The van der Waals surface area contributed by atoms with E-state index in [-0.39, 0.29) is 91.4 Å². The standard InChI is InChI=1S/BrH.ClH.2Na.2H/h2*1H;;;;/q;;2*+1;2*-1. The van der Waals surface area contributed by atoms with Crippen LogP contribution in [0.15, 0.2) is 0 Å². The molecule has 0 rings (SSSR count). The molecule has 0 heterocycles. The largest absolute Gasteiger partial charge is 1.00 e. The van der Waals surface area contributed by atoms with Gasteiger partial charge in [0.25, 0.3) is 0 Å². The zero-order valence-corrected chi connectivity index (χ0v) is 9.35. The average molecular weight is 165 g/mol. The van der Waals surface area contributed by atoms with Gasteiger partial charge in [-0.2, -0.15) is 0 Å². The van der Waals surface area contributed by atoms with Crippen LogP contribution in [0.4, 0.5) is 0 Å². The van der Waals surface area contributed by atoms with Crippen molar-refractivity contribution in [3.8, 4) is 0 Å². The molecule has 4 heteroatoms. The summed E-state index contributed by atoms with van der Waals surface area (Å²) in [5.41, 5.74) is 0. The van der Waals surface area contributed by atoms with Gasteiger partial charge in [0.15, 0.2) is 0 Å². The SMILES string of the molecule is Br.Cl.[H-].[H-].[Na+].[Na+]. The molecule has 0 radical (unpaired) electrons. The molecular weight excluding hydrogens is 161 g/mol. The van der Waals surface area contributed by atoms with E-state index in [9.17, 15) is 0 Å². The Labute approximate surface area is 89.8 Å². The van der Waals surface area contributed by atoms with E-state index in [2.05, 4.69) is 0 Å². The molecule has 0 saturated carbocycles. The van der Waals surface area contributed by atoms with Gasteiger partial charge < -0.3 is 2.85 Å². The van der Waals surface area contributed by atoms with Crippen LogP contribution in [0.25, 0.3) is 0 Å². The third-order valence-corrected chi connectivity index (χ3v) is 0. The molecule has 0 atom stereocenters. The van der Waals surface area contributed by atoms with E-state index in [1.54, 1.807) is 0 Å². The van der Waals surface area contributed by atoms with Crippen molar-refractivity contribution in [2.75, 3.05) is 0 Å². The third kappa shape index (κ3) is 8.84. The summed E-state index contributed by atoms with van der Waals surface area (Å²) in [7, 11) is 0. The molecule has 0 aliphatic heterocycles. The molecule has 0 unspecified atom stereocenters. The van der Waals surface area contributed by atoms with E-state index in [0.717, 1.165) is 0 Å². The van der Waals surface area contributed by atoms with Crippen LogP contribution in [0, 0.1) is 0 Å². The second kappa shape index (κ2) is 17.1. The summed E-state index contributed by atoms with van der Waals surface area (Å²) >= 11 is 0. The van der Waals surface area contributed by atoms with Gasteiger partial charge in [-0.05, 0) is 0 Å². The van der Waals surface area contributed by atoms with Gasteiger partial charge in [-0.3, -0.25) is 0 Å². The summed E-state index contributed by atoms with van der Waals surface area (Å²) in [5.74, 6) is 0. The second-order valence-corrected chi connectivity index (χ2v) is 0. The summed E-state index contributed by atoms with van der Waals surface area (Å²) in [6, 6.07) is 0. The Morgan fingerprint density at radius 1 is 1.00 bits per heavy atom. The Hall–Kier alpha value is 2.77. The maximum atomic E-state index is 0. The van der Waals surface area contributed by atoms with Gasteiger partial charge in [-0.1, -0.05) is 0 Å². The summed E-state index contributed by atoms with van der Waals surface area (Å²) < 4.78 is 0. The van der Waals surface area contributed by atoms with Crippen molar-refractivity contribution in [1.82, 2.24) is 0 Å². The van der Waals surface area contributed by atoms with Crippen molar-refractivity contribution >= 4 is 29.4 Å². The molecule has 0 saturated heterocycles. The first-order valence-electron chi connectivity index (χ1n) is 0. The van der Waals surface area contributed by atoms with Gasteiger partial charge in [0.05, 0.1) is 0 Å². The molecule has 0 amide bonds. The molecule has 4 heavy (non-hydrogen) atoms. The zero-order chi connectivity index (χ0) is 0. The number of hydrogen-bond acceptors (Lipinski definition) is 0. The molecule has 0 nitrogen and oxygen atoms in total. The maximum absolute atomic E-state index is 0. The second-order valence-electron chi connectivity index (χ2n) is 0. The molecule has 20 valence electrons. The number of hydrogen-bond donors (Lipinski definition) is 0. The van der Waals surface area contributed by atoms with Crippen LogP contribution >= 0.6 is 29.4 Å². The van der Waals surface area contributed by atoms with Crippen LogP contribution < -0.4 is 59.1 Å². The van der Waals surface area contributed by atoms with Crippen LogP contribution in [-0.2, 0) is 0 Å². The first-order chi connectivity index (χ1) is 0. The van der Waals surface area contributed by atoms with Gasteiger partial charge in [0, 0.05) is 0 Å². The molecule has 0 aliphatic rings. The molecule has 0 bridgehead atoms. The van der Waals surface area contributed by atoms with Crippen molar-refractivity contribution in [3.63, 3.8) is 0 Å². The maximum Gasteiger partial charge on any atom is 1.00 e. The molecule has 0 N–H and O–H groups in total. The Balaban J connectivity index is 0. The van der Waals surface area contributed by atoms with Crippen molar-refractivity contribution in [2.24, 2.45) is 0 Å². The summed E-state index contributed by atoms with van der Waals surface area (Å²) in [5, 5.41) is 0. The zero-order valence-electron chi connectivity index (χ0n) is 4.82. The van der Waals surface area contributed by atoms with E-state index < -0.39 is 0 Å². The Bertz CT molecular complexity index is 11.5. The Kier molecular flexibility index (Phi) is 126. The fraction of sp³-hybridized carbons (Fsp3) is 0. The van der Waals surface area contributed by atoms with Crippen LogP contribution in [0.2, 0.25) is 0 Å². The summed E-state index contributed by atoms with van der Waals surface area (Å²) in [6.45, 7) is 0. The molecule has 0 aliphatic carbocycles. The van der Waals surface area contributed by atoms with Crippen molar-refractivity contribution in [2.45, 2.75) is 0 Å². The minimum absolute atomic E-state index is 0. The predicted octanol–water partition coefficient (Wildman–Crippen LogP) is -4.77. The van der Waals surface area contributed by atoms with Gasteiger partial charge in [0.1, 0.15) is 0 Å². The topological polar surface area (TPSA) is 0 Å². The Morgan fingerprint density at radius 3 is 1.00 bits per heavy atom. The van der Waals surface area contributed by atoms with Crippen molar-refractivity contribution < 1.29 is 62.0 Å². The molecular formula is H4BrClNa2. The first kappa shape index (κ1) is 29.4. The van der Waals surface area contributed by atoms with Gasteiger partial charge in [-0.15, -0.1) is 29.4 Å². The quantitative estimate of drug-likeness (QED) is 0.316. The molecule has 0 aromatic rings. The van der Waals surface area contributed by atoms with E-state index in [4.69, 9.17) is 0 Å². The first-order valence-corrected chi connectivity index (χ1v) is 0. The molecule has 0 spiro atoms. The van der Waals surface area contributed by atoms with Crippen LogP contribution in [0.3, 0.4) is 0 Å². The van der Waals surface area contributed by atoms with Gasteiger partial charge in [-0.25, -0.2) is 0 Å². The number of halogens is 2. The fourth-order valence-electron chi connectivity index (χ4n) is 0. The normalized spacial score (nSPS) is 0. The minimum Gasteiger partial charge on any atom is -1.00 e. The molecule has 0 aromatic heterocycles. The van der Waals surface area contributed by atoms with Crippen LogP contribution in [0.5, 0.6) is 0 Å². The van der Waals surface area contributed by atoms with Gasteiger partial charge in [0.2, 0.25) is 0 Å². The van der Waals surface area contributed by atoms with Crippen molar-refractivity contribution in [1.29, 1.82) is 0 Å². The summed E-state index contributed by atoms with van der Waals surface area (Å²) in [6.07, 6.45) is 0. The Morgan fingerprint density at radius 2 is 1.00 bits per heavy atom. The van der Waals surface area contributed by atoms with Crippen LogP contribution in [-0.4, -0.2) is 0 Å². The molecule has 0 aromatic carbocycles.